The second-order valence-electron chi connectivity index (χ2n) is 2.84. The summed E-state index contributed by atoms with van der Waals surface area (Å²) in [6, 6.07) is 4.21. The van der Waals surface area contributed by atoms with E-state index in [-0.39, 0.29) is 5.69 Å². The van der Waals surface area contributed by atoms with E-state index >= 15 is 0 Å². The third-order valence-electron chi connectivity index (χ3n) is 1.71. The van der Waals surface area contributed by atoms with Gasteiger partial charge in [0.25, 0.3) is 0 Å². The molecule has 0 bridgehead atoms. The van der Waals surface area contributed by atoms with Crippen LogP contribution in [0.5, 0.6) is 0 Å². The zero-order valence-electron chi connectivity index (χ0n) is 8.06. The molecule has 1 N–H and O–H groups in total. The SMILES string of the molecule is CN(OS(=O)O)c1cccc(C(F)(F)F)c1. The minimum atomic E-state index is -4.46. The van der Waals surface area contributed by atoms with Crippen LogP contribution in [0.1, 0.15) is 5.56 Å². The Morgan fingerprint density at radius 3 is 2.56 bits per heavy atom. The van der Waals surface area contributed by atoms with Crippen molar-refractivity contribution in [2.75, 3.05) is 12.1 Å². The van der Waals surface area contributed by atoms with E-state index in [1.165, 1.54) is 19.2 Å². The van der Waals surface area contributed by atoms with E-state index in [0.29, 0.717) is 0 Å². The molecular weight excluding hydrogens is 247 g/mol. The highest BCUT2D eigenvalue weighted by Gasteiger charge is 2.30. The van der Waals surface area contributed by atoms with Gasteiger partial charge in [0, 0.05) is 7.05 Å². The first-order valence-corrected chi connectivity index (χ1v) is 5.04. The second-order valence-corrected chi connectivity index (χ2v) is 3.42. The molecule has 1 rings (SSSR count). The Bertz CT molecular complexity index is 396. The Labute approximate surface area is 92.1 Å². The van der Waals surface area contributed by atoms with Gasteiger partial charge in [0.2, 0.25) is 0 Å². The lowest BCUT2D eigenvalue weighted by molar-refractivity contribution is -0.137. The second kappa shape index (κ2) is 4.81. The summed E-state index contributed by atoms with van der Waals surface area (Å²) in [5.41, 5.74) is -0.832. The summed E-state index contributed by atoms with van der Waals surface area (Å²) in [4.78, 5) is 0. The Hall–Kier alpha value is -1.12. The smallest absolute Gasteiger partial charge is 0.282 e. The number of hydrogen-bond acceptors (Lipinski definition) is 3. The van der Waals surface area contributed by atoms with Crippen molar-refractivity contribution in [3.63, 3.8) is 0 Å². The van der Waals surface area contributed by atoms with Crippen LogP contribution in [-0.2, 0) is 21.8 Å². The molecule has 1 aromatic rings. The molecule has 0 aliphatic heterocycles. The predicted molar refractivity (Wildman–Crippen MR) is 51.7 cm³/mol. The third-order valence-corrected chi connectivity index (χ3v) is 2.06. The van der Waals surface area contributed by atoms with Crippen LogP contribution in [0.25, 0.3) is 0 Å². The van der Waals surface area contributed by atoms with Crippen LogP contribution in [-0.4, -0.2) is 15.8 Å². The summed E-state index contributed by atoms with van der Waals surface area (Å²) in [5, 5.41) is 0.783. The fourth-order valence-electron chi connectivity index (χ4n) is 1.02. The first-order chi connectivity index (χ1) is 7.30. The lowest BCUT2D eigenvalue weighted by Crippen LogP contribution is -2.19. The maximum atomic E-state index is 12.3. The lowest BCUT2D eigenvalue weighted by Gasteiger charge is -2.16. The summed E-state index contributed by atoms with van der Waals surface area (Å²) in [6.07, 6.45) is -4.46. The van der Waals surface area contributed by atoms with Crippen molar-refractivity contribution in [2.24, 2.45) is 0 Å². The molecule has 90 valence electrons. The van der Waals surface area contributed by atoms with E-state index in [4.69, 9.17) is 4.55 Å². The molecule has 1 unspecified atom stereocenters. The quantitative estimate of drug-likeness (QED) is 0.664. The molecule has 8 heteroatoms. The van der Waals surface area contributed by atoms with Gasteiger partial charge in [0.05, 0.1) is 11.3 Å². The molecule has 0 radical (unpaired) electrons. The van der Waals surface area contributed by atoms with Gasteiger partial charge in [-0.25, -0.2) is 5.06 Å². The number of halogens is 3. The first-order valence-electron chi connectivity index (χ1n) is 4.01. The average Bonchev–Trinajstić information content (AvgIpc) is 2.15. The summed E-state index contributed by atoms with van der Waals surface area (Å²) in [5.74, 6) is 0. The van der Waals surface area contributed by atoms with Crippen molar-refractivity contribution in [1.29, 1.82) is 0 Å². The van der Waals surface area contributed by atoms with Crippen LogP contribution in [0.4, 0.5) is 18.9 Å². The van der Waals surface area contributed by atoms with Crippen molar-refractivity contribution in [2.45, 2.75) is 6.18 Å². The van der Waals surface area contributed by atoms with Gasteiger partial charge >= 0.3 is 17.5 Å². The van der Waals surface area contributed by atoms with Crippen molar-refractivity contribution >= 4 is 17.0 Å². The van der Waals surface area contributed by atoms with Gasteiger partial charge in [0.15, 0.2) is 0 Å². The van der Waals surface area contributed by atoms with Gasteiger partial charge in [0.1, 0.15) is 0 Å². The van der Waals surface area contributed by atoms with E-state index in [1.807, 2.05) is 0 Å². The zero-order chi connectivity index (χ0) is 12.3. The monoisotopic (exact) mass is 255 g/mol. The number of alkyl halides is 3. The number of benzene rings is 1. The molecule has 0 spiro atoms. The average molecular weight is 255 g/mol. The minimum Gasteiger partial charge on any atom is -0.282 e. The van der Waals surface area contributed by atoms with E-state index in [2.05, 4.69) is 4.28 Å². The Balaban J connectivity index is 2.94. The van der Waals surface area contributed by atoms with Crippen molar-refractivity contribution in [1.82, 2.24) is 0 Å². The van der Waals surface area contributed by atoms with E-state index in [1.54, 1.807) is 0 Å². The third kappa shape index (κ3) is 3.47. The lowest BCUT2D eigenvalue weighted by atomic mass is 10.2. The fourth-order valence-corrected chi connectivity index (χ4v) is 1.29. The highest BCUT2D eigenvalue weighted by Crippen LogP contribution is 2.31. The minimum absolute atomic E-state index is 0.0252. The van der Waals surface area contributed by atoms with Crippen LogP contribution >= 0.6 is 0 Å². The van der Waals surface area contributed by atoms with Crippen molar-refractivity contribution < 1.29 is 26.2 Å². The molecule has 1 atom stereocenters. The standard InChI is InChI=1S/C8H8F3NO3S/c1-12(15-16(13)14)7-4-2-3-6(5-7)8(9,10)11/h2-5H,1H3,(H,13,14). The highest BCUT2D eigenvalue weighted by atomic mass is 32.2. The molecule has 0 heterocycles. The Morgan fingerprint density at radius 1 is 1.44 bits per heavy atom. The van der Waals surface area contributed by atoms with Gasteiger partial charge < -0.3 is 0 Å². The van der Waals surface area contributed by atoms with Crippen LogP contribution in [0.2, 0.25) is 0 Å². The molecule has 16 heavy (non-hydrogen) atoms. The van der Waals surface area contributed by atoms with E-state index in [9.17, 15) is 17.4 Å². The van der Waals surface area contributed by atoms with Crippen LogP contribution in [0.15, 0.2) is 24.3 Å². The van der Waals surface area contributed by atoms with Gasteiger partial charge in [-0.1, -0.05) is 6.07 Å². The van der Waals surface area contributed by atoms with E-state index in [0.717, 1.165) is 17.2 Å². The Kier molecular flexibility index (Phi) is 3.89. The number of nitrogens with zero attached hydrogens (tertiary/aromatic N) is 1. The normalized spacial score (nSPS) is 13.6. The van der Waals surface area contributed by atoms with E-state index < -0.39 is 23.1 Å². The molecule has 4 nitrogen and oxygen atoms in total. The summed E-state index contributed by atoms with van der Waals surface area (Å²) >= 11 is -2.58. The largest absolute Gasteiger partial charge is 0.416 e. The van der Waals surface area contributed by atoms with Crippen molar-refractivity contribution in [3.05, 3.63) is 29.8 Å². The fraction of sp³-hybridized carbons (Fsp3) is 0.250. The first kappa shape index (κ1) is 12.9. The molecule has 0 saturated heterocycles. The molecule has 0 aromatic heterocycles. The number of hydrogen-bond donors (Lipinski definition) is 1. The Morgan fingerprint density at radius 2 is 2.06 bits per heavy atom. The van der Waals surface area contributed by atoms with Gasteiger partial charge in [-0.3, -0.25) is 4.55 Å². The molecule has 0 fully saturated rings. The van der Waals surface area contributed by atoms with Crippen LogP contribution in [0, 0.1) is 0 Å². The van der Waals surface area contributed by atoms with Gasteiger partial charge in [-0.05, 0) is 18.2 Å². The highest BCUT2D eigenvalue weighted by molar-refractivity contribution is 7.74. The predicted octanol–water partition coefficient (Wildman–Crippen LogP) is 2.21. The summed E-state index contributed by atoms with van der Waals surface area (Å²) < 4.78 is 60.0. The van der Waals surface area contributed by atoms with Crippen molar-refractivity contribution in [3.8, 4) is 0 Å². The molecule has 0 aliphatic rings. The number of hydroxylamine groups is 1. The summed E-state index contributed by atoms with van der Waals surface area (Å²) in [6.45, 7) is 0. The molecule has 0 saturated carbocycles. The molecule has 0 aliphatic carbocycles. The molecular formula is C8H8F3NO3S. The molecule has 1 aromatic carbocycles. The van der Waals surface area contributed by atoms with Crippen LogP contribution in [0.3, 0.4) is 0 Å². The van der Waals surface area contributed by atoms with Gasteiger partial charge in [-0.15, -0.1) is 4.28 Å². The summed E-state index contributed by atoms with van der Waals surface area (Å²) in [7, 11) is 1.23. The van der Waals surface area contributed by atoms with Crippen LogP contribution < -0.4 is 5.06 Å². The number of rotatable bonds is 3. The molecule has 0 amide bonds. The maximum absolute atomic E-state index is 12.3. The maximum Gasteiger partial charge on any atom is 0.416 e. The number of anilines is 1. The topological polar surface area (TPSA) is 49.8 Å². The van der Waals surface area contributed by atoms with Gasteiger partial charge in [-0.2, -0.15) is 17.4 Å². The zero-order valence-corrected chi connectivity index (χ0v) is 8.88.